The second-order valence-corrected chi connectivity index (χ2v) is 5.12. The van der Waals surface area contributed by atoms with Crippen LogP contribution in [0.5, 0.6) is 0 Å². The molecule has 0 saturated carbocycles. The maximum atomic E-state index is 11.7. The molecule has 3 aromatic rings. The number of rotatable bonds is 5. The first kappa shape index (κ1) is 16.3. The minimum Gasteiger partial charge on any atom is -0.504 e. The number of ether oxygens (including phenoxy) is 1. The highest BCUT2D eigenvalue weighted by atomic mass is 16.5. The molecule has 0 unspecified atom stereocenters. The Bertz CT molecular complexity index is 963. The molecule has 0 aliphatic heterocycles. The van der Waals surface area contributed by atoms with Crippen molar-refractivity contribution in [3.05, 3.63) is 60.3 Å². The molecule has 1 N–H and O–H groups in total. The third kappa shape index (κ3) is 3.37. The van der Waals surface area contributed by atoms with E-state index < -0.39 is 17.5 Å². The fourth-order valence-electron chi connectivity index (χ4n) is 2.34. The van der Waals surface area contributed by atoms with Gasteiger partial charge in [0, 0.05) is 6.08 Å². The predicted molar refractivity (Wildman–Crippen MR) is 88.5 cm³/mol. The van der Waals surface area contributed by atoms with E-state index in [-0.39, 0.29) is 5.82 Å². The Morgan fingerprint density at radius 3 is 2.76 bits per heavy atom. The van der Waals surface area contributed by atoms with Gasteiger partial charge in [-0.2, -0.15) is 0 Å². The van der Waals surface area contributed by atoms with Crippen molar-refractivity contribution in [3.63, 3.8) is 0 Å². The number of nitrogens with zero attached hydrogens (tertiary/aromatic N) is 4. The van der Waals surface area contributed by atoms with Gasteiger partial charge in [0.15, 0.2) is 17.2 Å². The number of carbonyl (C=O) groups is 2. The van der Waals surface area contributed by atoms with Crippen LogP contribution >= 0.6 is 0 Å². The van der Waals surface area contributed by atoms with Crippen LogP contribution in [0.4, 0.5) is 0 Å². The average molecular weight is 338 g/mol. The number of carbonyl (C=O) groups excluding carboxylic acids is 2. The summed E-state index contributed by atoms with van der Waals surface area (Å²) >= 11 is 0. The van der Waals surface area contributed by atoms with Crippen LogP contribution in [0.25, 0.3) is 16.9 Å². The molecule has 8 nitrogen and oxygen atoms in total. The summed E-state index contributed by atoms with van der Waals surface area (Å²) in [5.41, 5.74) is 1.91. The highest BCUT2D eigenvalue weighted by molar-refractivity contribution is 6.39. The van der Waals surface area contributed by atoms with Crippen molar-refractivity contribution in [2.75, 3.05) is 7.11 Å². The Labute approximate surface area is 142 Å². The molecule has 0 amide bonds. The van der Waals surface area contributed by atoms with Gasteiger partial charge < -0.3 is 14.4 Å². The molecule has 8 heteroatoms. The maximum absolute atomic E-state index is 11.7. The van der Waals surface area contributed by atoms with Crippen LogP contribution in [-0.4, -0.2) is 43.5 Å². The van der Waals surface area contributed by atoms with Gasteiger partial charge in [0.1, 0.15) is 11.8 Å². The summed E-state index contributed by atoms with van der Waals surface area (Å²) in [6.07, 6.45) is 3.65. The number of esters is 1. The third-order valence-electron chi connectivity index (χ3n) is 3.48. The first-order valence-electron chi connectivity index (χ1n) is 7.33. The van der Waals surface area contributed by atoms with E-state index in [9.17, 15) is 14.7 Å². The standard InChI is InChI=1S/C17H14N4O4/c1-25-17(24)14(23)7-13(22)16-20-12-8-18-10-19-15(12)21(16)9-11-5-3-2-4-6-11/h2-8,10,22H,9H2,1H3/b13-7-. The summed E-state index contributed by atoms with van der Waals surface area (Å²) in [7, 11) is 1.09. The van der Waals surface area contributed by atoms with Crippen LogP contribution in [-0.2, 0) is 20.9 Å². The Morgan fingerprint density at radius 2 is 2.04 bits per heavy atom. The molecule has 1 aromatic carbocycles. The molecule has 2 aromatic heterocycles. The fraction of sp³-hybridized carbons (Fsp3) is 0.118. The van der Waals surface area contributed by atoms with Crippen LogP contribution in [0.15, 0.2) is 48.9 Å². The van der Waals surface area contributed by atoms with Crippen molar-refractivity contribution >= 4 is 28.7 Å². The van der Waals surface area contributed by atoms with Crippen LogP contribution in [0.1, 0.15) is 11.4 Å². The molecule has 0 aliphatic rings. The van der Waals surface area contributed by atoms with Gasteiger partial charge in [0.2, 0.25) is 0 Å². The number of aliphatic hydroxyl groups excluding tert-OH is 1. The smallest absolute Gasteiger partial charge is 0.378 e. The normalized spacial score (nSPS) is 11.5. The maximum Gasteiger partial charge on any atom is 0.378 e. The number of aliphatic hydroxyl groups is 1. The molecular formula is C17H14N4O4. The summed E-state index contributed by atoms with van der Waals surface area (Å²) in [4.78, 5) is 35.3. The van der Waals surface area contributed by atoms with E-state index in [0.29, 0.717) is 17.7 Å². The third-order valence-corrected chi connectivity index (χ3v) is 3.48. The van der Waals surface area contributed by atoms with Crippen LogP contribution < -0.4 is 0 Å². The number of methoxy groups -OCH3 is 1. The van der Waals surface area contributed by atoms with Gasteiger partial charge in [-0.05, 0) is 5.56 Å². The van der Waals surface area contributed by atoms with E-state index in [2.05, 4.69) is 19.7 Å². The first-order chi connectivity index (χ1) is 12.1. The summed E-state index contributed by atoms with van der Waals surface area (Å²) in [5, 5.41) is 10.3. The van der Waals surface area contributed by atoms with Crippen molar-refractivity contribution in [3.8, 4) is 0 Å². The van der Waals surface area contributed by atoms with Crippen molar-refractivity contribution in [1.82, 2.24) is 19.5 Å². The predicted octanol–water partition coefficient (Wildman–Crippen LogP) is 1.52. The number of aromatic nitrogens is 4. The zero-order chi connectivity index (χ0) is 17.8. The van der Waals surface area contributed by atoms with Crippen molar-refractivity contribution in [1.29, 1.82) is 0 Å². The van der Waals surface area contributed by atoms with Gasteiger partial charge in [-0.15, -0.1) is 0 Å². The Balaban J connectivity index is 2.08. The lowest BCUT2D eigenvalue weighted by Crippen LogP contribution is -2.14. The van der Waals surface area contributed by atoms with Crippen molar-refractivity contribution in [2.45, 2.75) is 6.54 Å². The lowest BCUT2D eigenvalue weighted by Gasteiger charge is -2.08. The molecule has 0 fully saturated rings. The Hall–Kier alpha value is -3.55. The molecule has 0 saturated heterocycles. The van der Waals surface area contributed by atoms with E-state index in [0.717, 1.165) is 18.7 Å². The number of fused-ring (bicyclic) bond motifs is 1. The molecule has 25 heavy (non-hydrogen) atoms. The Morgan fingerprint density at radius 1 is 1.28 bits per heavy atom. The van der Waals surface area contributed by atoms with Gasteiger partial charge in [-0.3, -0.25) is 4.79 Å². The number of hydrogen-bond donors (Lipinski definition) is 1. The molecule has 126 valence electrons. The second kappa shape index (κ2) is 6.91. The summed E-state index contributed by atoms with van der Waals surface area (Å²) < 4.78 is 5.98. The molecule has 0 spiro atoms. The minimum absolute atomic E-state index is 0.108. The minimum atomic E-state index is -1.07. The average Bonchev–Trinajstić information content (AvgIpc) is 3.00. The SMILES string of the molecule is COC(=O)C(=O)/C=C(\O)c1nc2cncnc2n1Cc1ccccc1. The van der Waals surface area contributed by atoms with Crippen LogP contribution in [0, 0.1) is 0 Å². The quantitative estimate of drug-likeness (QED) is 0.325. The molecule has 2 heterocycles. The van der Waals surface area contributed by atoms with E-state index >= 15 is 0 Å². The van der Waals surface area contributed by atoms with E-state index in [4.69, 9.17) is 0 Å². The topological polar surface area (TPSA) is 107 Å². The second-order valence-electron chi connectivity index (χ2n) is 5.12. The van der Waals surface area contributed by atoms with Crippen molar-refractivity contribution < 1.29 is 19.4 Å². The number of imidazole rings is 1. The zero-order valence-corrected chi connectivity index (χ0v) is 13.3. The first-order valence-corrected chi connectivity index (χ1v) is 7.33. The fourth-order valence-corrected chi connectivity index (χ4v) is 2.34. The molecular weight excluding hydrogens is 324 g/mol. The summed E-state index contributed by atoms with van der Waals surface area (Å²) in [5.74, 6) is -2.40. The Kier molecular flexibility index (Phi) is 4.51. The lowest BCUT2D eigenvalue weighted by molar-refractivity contribution is -0.149. The van der Waals surface area contributed by atoms with Gasteiger partial charge >= 0.3 is 5.97 Å². The van der Waals surface area contributed by atoms with Crippen molar-refractivity contribution in [2.24, 2.45) is 0 Å². The number of benzene rings is 1. The summed E-state index contributed by atoms with van der Waals surface area (Å²) in [6.45, 7) is 0.369. The molecule has 0 radical (unpaired) electrons. The molecule has 0 aliphatic carbocycles. The number of hydrogen-bond acceptors (Lipinski definition) is 7. The summed E-state index contributed by atoms with van der Waals surface area (Å²) in [6, 6.07) is 9.50. The van der Waals surface area contributed by atoms with E-state index in [1.54, 1.807) is 4.57 Å². The van der Waals surface area contributed by atoms with Gasteiger partial charge in [-0.1, -0.05) is 30.3 Å². The van der Waals surface area contributed by atoms with Gasteiger partial charge in [0.25, 0.3) is 5.78 Å². The van der Waals surface area contributed by atoms with E-state index in [1.807, 2.05) is 30.3 Å². The monoisotopic (exact) mass is 338 g/mol. The zero-order valence-electron chi connectivity index (χ0n) is 13.3. The van der Waals surface area contributed by atoms with Crippen LogP contribution in [0.3, 0.4) is 0 Å². The van der Waals surface area contributed by atoms with Gasteiger partial charge in [-0.25, -0.2) is 19.7 Å². The van der Waals surface area contributed by atoms with E-state index in [1.165, 1.54) is 12.5 Å². The lowest BCUT2D eigenvalue weighted by atomic mass is 10.2. The van der Waals surface area contributed by atoms with Crippen LogP contribution in [0.2, 0.25) is 0 Å². The van der Waals surface area contributed by atoms with Gasteiger partial charge in [0.05, 0.1) is 19.9 Å². The molecule has 3 rings (SSSR count). The highest BCUT2D eigenvalue weighted by Gasteiger charge is 2.19. The highest BCUT2D eigenvalue weighted by Crippen LogP contribution is 2.20. The molecule has 0 bridgehead atoms. The number of ketones is 1. The largest absolute Gasteiger partial charge is 0.504 e. The molecule has 0 atom stereocenters.